The van der Waals surface area contributed by atoms with Gasteiger partial charge in [-0.15, -0.1) is 0 Å². The third-order valence-electron chi connectivity index (χ3n) is 0.258. The average Bonchev–Trinajstić information content (AvgIpc) is 2.21. The first-order valence-electron chi connectivity index (χ1n) is 2.09. The van der Waals surface area contributed by atoms with E-state index in [2.05, 4.69) is 23.5 Å². The summed E-state index contributed by atoms with van der Waals surface area (Å²) < 4.78 is 0. The van der Waals surface area contributed by atoms with Crippen molar-refractivity contribution in [3.05, 3.63) is 0 Å². The van der Waals surface area contributed by atoms with Gasteiger partial charge in [0.25, 0.3) is 0 Å². The van der Waals surface area contributed by atoms with Crippen LogP contribution in [0.2, 0.25) is 0 Å². The molecule has 0 atom stereocenters. The molecule has 0 radical (unpaired) electrons. The molecule has 0 heterocycles. The van der Waals surface area contributed by atoms with E-state index in [4.69, 9.17) is 0 Å². The topological polar surface area (TPSA) is 0 Å². The smallest absolute Gasteiger partial charge is 0 e. The molecule has 0 aliphatic heterocycles. The van der Waals surface area contributed by atoms with Crippen molar-refractivity contribution in [1.29, 1.82) is 0 Å². The SMILES string of the molecule is CI=II=II=II=II=II=II. The molecular weight excluding hydrogens is 1660 g/mol. The minimum Gasteiger partial charge on any atom is -0.0789 e. The molecule has 98 valence electrons. The van der Waals surface area contributed by atoms with E-state index in [1.807, 2.05) is 0 Å². The Balaban J connectivity index is 3.70. The lowest BCUT2D eigenvalue weighted by Gasteiger charge is -1.67. The highest BCUT2D eigenvalue weighted by atomic mass is 129. The quantitative estimate of drug-likeness (QED) is 0.190. The van der Waals surface area contributed by atoms with E-state index in [-0.39, 0.29) is 0 Å². The van der Waals surface area contributed by atoms with Crippen LogP contribution < -0.4 is 0 Å². The van der Waals surface area contributed by atoms with Crippen molar-refractivity contribution in [2.24, 2.45) is 0 Å². The maximum atomic E-state index is 2.73. The molecule has 0 unspecified atom stereocenters. The normalized spacial score (nSPS) is 21.0. The van der Waals surface area contributed by atoms with Gasteiger partial charge < -0.3 is 0 Å². The van der Waals surface area contributed by atoms with Crippen molar-refractivity contribution in [2.75, 3.05) is 4.93 Å². The van der Waals surface area contributed by atoms with E-state index in [1.54, 1.807) is 0 Å². The maximum absolute atomic E-state index is 2.73. The highest BCUT2D eigenvalue weighted by molar-refractivity contribution is 15.7. The predicted molar refractivity (Wildman–Crippen MR) is 188 cm³/mol. The predicted octanol–water partition coefficient (Wildman–Crippen LogP) is 11.7. The van der Waals surface area contributed by atoms with Crippen molar-refractivity contribution in [1.82, 2.24) is 0 Å². The van der Waals surface area contributed by atoms with Crippen molar-refractivity contribution in [3.8, 4) is 0 Å². The van der Waals surface area contributed by atoms with Crippen LogP contribution in [0.15, 0.2) is 0 Å². The third-order valence-corrected chi connectivity index (χ3v) is 430. The Bertz CT molecular complexity index is 246. The van der Waals surface area contributed by atoms with Crippen LogP contribution in [0.1, 0.15) is 0 Å². The summed E-state index contributed by atoms with van der Waals surface area (Å²) in [7, 11) is 0. The Morgan fingerprint density at radius 2 is 0.929 bits per heavy atom. The fourth-order valence-electron chi connectivity index (χ4n) is 0.0898. The van der Waals surface area contributed by atoms with Crippen LogP contribution >= 0.6 is 174 Å². The molecule has 0 fully saturated rings. The van der Waals surface area contributed by atoms with Gasteiger partial charge in [-0.05, 0) is 106 Å². The van der Waals surface area contributed by atoms with E-state index in [0.717, 1.165) is 155 Å². The van der Waals surface area contributed by atoms with Crippen LogP contribution in [0.25, 0.3) is 0 Å². The van der Waals surface area contributed by atoms with Crippen LogP contribution in [0.4, 0.5) is 0 Å². The Morgan fingerprint density at radius 1 is 0.571 bits per heavy atom. The second-order valence-corrected chi connectivity index (χ2v) is 186. The molecule has 0 aliphatic rings. The molecule has 0 aromatic rings. The summed E-state index contributed by atoms with van der Waals surface area (Å²) in [4.78, 5) is 2.54. The van der Waals surface area contributed by atoms with E-state index in [0.29, 0.717) is 0 Å². The van der Waals surface area contributed by atoms with Crippen molar-refractivity contribution in [2.45, 2.75) is 0 Å². The molecule has 0 nitrogen and oxygen atoms in total. The van der Waals surface area contributed by atoms with Gasteiger partial charge in [0.1, 0.15) is 0 Å². The number of rotatable bonds is 5. The molecule has 13 heteroatoms. The molecule has 0 saturated carbocycles. The molecule has 0 saturated heterocycles. The minimum atomic E-state index is 0.789. The van der Waals surface area contributed by atoms with Crippen LogP contribution in [-0.2, 0) is 0 Å². The van der Waals surface area contributed by atoms with Crippen molar-refractivity contribution < 1.29 is 0 Å². The summed E-state index contributed by atoms with van der Waals surface area (Å²) >= 11 is 14.3. The summed E-state index contributed by atoms with van der Waals surface area (Å²) in [6.07, 6.45) is 0. The minimum absolute atomic E-state index is 0.789. The average molecular weight is 1660 g/mol. The summed E-state index contributed by atoms with van der Waals surface area (Å²) in [5.74, 6) is 0. The number of alkyl halides is 1. The zero-order valence-electron chi connectivity index (χ0n) is 5.91. The summed E-state index contributed by atoms with van der Waals surface area (Å²) in [6.45, 7) is 0. The first-order chi connectivity index (χ1) is 6.91. The van der Waals surface area contributed by atoms with E-state index in [9.17, 15) is 0 Å². The molecule has 0 aromatic carbocycles. The van der Waals surface area contributed by atoms with Gasteiger partial charge in [0.05, 0.1) is 0 Å². The van der Waals surface area contributed by atoms with Gasteiger partial charge in [-0.25, -0.2) is 0 Å². The van der Waals surface area contributed by atoms with Crippen molar-refractivity contribution >= 4 is 174 Å². The van der Waals surface area contributed by atoms with Gasteiger partial charge >= 0.3 is 0 Å². The Labute approximate surface area is 169 Å². The first-order valence-corrected chi connectivity index (χ1v) is 79.7. The van der Waals surface area contributed by atoms with E-state index < -0.39 is 0 Å². The number of hydrogen-bond donors (Lipinski definition) is 0. The summed E-state index contributed by atoms with van der Waals surface area (Å²) in [5, 5.41) is 0. The van der Waals surface area contributed by atoms with Crippen LogP contribution in [0.5, 0.6) is 0 Å². The van der Waals surface area contributed by atoms with Gasteiger partial charge in [0.2, 0.25) is 0 Å². The van der Waals surface area contributed by atoms with E-state index >= 15 is 0 Å². The van der Waals surface area contributed by atoms with Crippen LogP contribution in [0, 0.1) is 0 Å². The highest BCUT2D eigenvalue weighted by Crippen LogP contribution is 2.56. The lowest BCUT2D eigenvalue weighted by Crippen LogP contribution is -0.936. The fourth-order valence-corrected chi connectivity index (χ4v) is 984. The van der Waals surface area contributed by atoms with Gasteiger partial charge in [-0.1, -0.05) is 16.6 Å². The third kappa shape index (κ3) is 21.5. The molecule has 0 bridgehead atoms. The summed E-state index contributed by atoms with van der Waals surface area (Å²) in [5.41, 5.74) is 0. The fraction of sp³-hybridized carbons (Fsp3) is 1.00. The Morgan fingerprint density at radius 3 is 1.29 bits per heavy atom. The van der Waals surface area contributed by atoms with Gasteiger partial charge in [0.15, 0.2) is 0 Å². The van der Waals surface area contributed by atoms with Gasteiger partial charge in [-0.2, -0.15) is 0 Å². The van der Waals surface area contributed by atoms with Crippen LogP contribution in [-0.4, -0.2) is 4.93 Å². The van der Waals surface area contributed by atoms with Crippen LogP contribution in [0.3, 0.4) is 0 Å². The standard InChI is InChI=1S/CH3I13/c1-3-5-7-9-11-13-14-12-10-8-6-4-2/h1H3. The highest BCUT2D eigenvalue weighted by Gasteiger charge is 1.68. The van der Waals surface area contributed by atoms with E-state index in [1.165, 1.54) is 0 Å². The summed E-state index contributed by atoms with van der Waals surface area (Å²) in [6, 6.07) is 0. The maximum Gasteiger partial charge on any atom is 0 e. The monoisotopic (exact) mass is 1660 g/mol. The Hall–Kier alpha value is 9.49. The Kier molecular flexibility index (Phi) is 37.7. The second kappa shape index (κ2) is 22.5. The number of halogens is 13. The van der Waals surface area contributed by atoms with Gasteiger partial charge in [0, 0.05) is 56.5 Å². The molecule has 0 amide bonds. The largest absolute Gasteiger partial charge is 0.0789 e. The first kappa shape index (κ1) is 23.5. The zero-order valence-corrected chi connectivity index (χ0v) is 34.0. The number of hydrogen-bond acceptors (Lipinski definition) is 0. The molecule has 0 N–H and O–H groups in total. The molecule has 0 aromatic heterocycles. The van der Waals surface area contributed by atoms with Crippen molar-refractivity contribution in [3.63, 3.8) is 0 Å². The lowest BCUT2D eigenvalue weighted by atomic mass is 12.0. The molecule has 0 rings (SSSR count). The molecule has 0 aliphatic carbocycles. The second-order valence-electron chi connectivity index (χ2n) is 0.737. The molecular formula is CH3I13. The van der Waals surface area contributed by atoms with Gasteiger partial charge in [-0.3, -0.25) is 0 Å². The zero-order chi connectivity index (χ0) is 10.5. The molecule has 0 spiro atoms. The lowest BCUT2D eigenvalue weighted by molar-refractivity contribution is 2.66. The molecule has 14 heavy (non-hydrogen) atoms.